The number of aromatic nitrogens is 1. The summed E-state index contributed by atoms with van der Waals surface area (Å²) in [6, 6.07) is 5.95. The van der Waals surface area contributed by atoms with E-state index in [1.807, 2.05) is 29.3 Å². The molecule has 0 radical (unpaired) electrons. The molecule has 30 heavy (non-hydrogen) atoms. The minimum atomic E-state index is 0. The molecule has 2 heterocycles. The van der Waals surface area contributed by atoms with Crippen LogP contribution in [0.5, 0.6) is 0 Å². The van der Waals surface area contributed by atoms with Gasteiger partial charge in [0.25, 0.3) is 0 Å². The largest absolute Gasteiger partial charge is 0.356 e. The third-order valence-corrected chi connectivity index (χ3v) is 6.02. The van der Waals surface area contributed by atoms with Gasteiger partial charge < -0.3 is 20.4 Å². The molecule has 1 aliphatic heterocycles. The second-order valence-corrected chi connectivity index (χ2v) is 8.02. The summed E-state index contributed by atoms with van der Waals surface area (Å²) in [5, 5.41) is 6.64. The molecular formula is C22H37IN6O. The van der Waals surface area contributed by atoms with Crippen LogP contribution in [0.2, 0.25) is 0 Å². The highest BCUT2D eigenvalue weighted by Gasteiger charge is 2.21. The van der Waals surface area contributed by atoms with E-state index in [-0.39, 0.29) is 29.9 Å². The molecule has 1 aliphatic carbocycles. The molecule has 0 unspecified atom stereocenters. The Bertz CT molecular complexity index is 642. The maximum absolute atomic E-state index is 12.5. The Kier molecular flexibility index (Phi) is 11.2. The highest BCUT2D eigenvalue weighted by molar-refractivity contribution is 14.0. The predicted molar refractivity (Wildman–Crippen MR) is 134 cm³/mol. The molecule has 2 fully saturated rings. The Balaban J connectivity index is 0.00000320. The van der Waals surface area contributed by atoms with Crippen molar-refractivity contribution in [3.05, 3.63) is 24.4 Å². The number of guanidine groups is 1. The summed E-state index contributed by atoms with van der Waals surface area (Å²) in [5.41, 5.74) is 0. The first kappa shape index (κ1) is 24.7. The minimum Gasteiger partial charge on any atom is -0.356 e. The molecule has 1 aromatic heterocycles. The number of anilines is 1. The van der Waals surface area contributed by atoms with Crippen LogP contribution in [-0.4, -0.2) is 68.1 Å². The van der Waals surface area contributed by atoms with Gasteiger partial charge in [0.2, 0.25) is 5.91 Å². The second kappa shape index (κ2) is 13.7. The van der Waals surface area contributed by atoms with Crippen molar-refractivity contribution in [3.8, 4) is 0 Å². The molecule has 1 amide bonds. The van der Waals surface area contributed by atoms with Crippen molar-refractivity contribution in [2.45, 2.75) is 44.9 Å². The lowest BCUT2D eigenvalue weighted by Gasteiger charge is -2.35. The van der Waals surface area contributed by atoms with Crippen molar-refractivity contribution in [2.75, 3.05) is 51.2 Å². The molecule has 8 heteroatoms. The smallest absolute Gasteiger partial charge is 0.224 e. The summed E-state index contributed by atoms with van der Waals surface area (Å²) in [4.78, 5) is 25.4. The van der Waals surface area contributed by atoms with Gasteiger partial charge in [0.1, 0.15) is 5.82 Å². The number of rotatable bonds is 8. The summed E-state index contributed by atoms with van der Waals surface area (Å²) in [7, 11) is 1.78. The molecule has 0 atom stereocenters. The minimum absolute atomic E-state index is 0. The van der Waals surface area contributed by atoms with Crippen molar-refractivity contribution >= 4 is 41.7 Å². The van der Waals surface area contributed by atoms with Gasteiger partial charge in [-0.05, 0) is 30.9 Å². The van der Waals surface area contributed by atoms with Crippen LogP contribution in [-0.2, 0) is 4.79 Å². The quantitative estimate of drug-likeness (QED) is 0.235. The predicted octanol–water partition coefficient (Wildman–Crippen LogP) is 2.87. The molecule has 7 nitrogen and oxygen atoms in total. The molecule has 2 N–H and O–H groups in total. The number of carbonyl (C=O) groups excluding carboxylic acids is 1. The highest BCUT2D eigenvalue weighted by atomic mass is 127. The van der Waals surface area contributed by atoms with Crippen LogP contribution in [0.3, 0.4) is 0 Å². The molecule has 1 saturated carbocycles. The standard InChI is InChI=1S/C22H36N6O.HI/c1-23-22(25-13-6-9-19-7-2-3-8-19)26-14-11-21(29)28-17-15-27(16-18-28)20-10-4-5-12-24-20;/h4-5,10,12,19H,2-3,6-9,11,13-18H2,1H3,(H2,23,25,26);1H. The van der Waals surface area contributed by atoms with E-state index in [2.05, 4.69) is 25.5 Å². The van der Waals surface area contributed by atoms with Gasteiger partial charge in [-0.15, -0.1) is 24.0 Å². The zero-order valence-corrected chi connectivity index (χ0v) is 20.5. The van der Waals surface area contributed by atoms with Gasteiger partial charge in [-0.2, -0.15) is 0 Å². The molecule has 3 rings (SSSR count). The number of aliphatic imine (C=N–C) groups is 1. The van der Waals surface area contributed by atoms with Gasteiger partial charge >= 0.3 is 0 Å². The maximum atomic E-state index is 12.5. The van der Waals surface area contributed by atoms with Crippen molar-refractivity contribution in [2.24, 2.45) is 10.9 Å². The van der Waals surface area contributed by atoms with E-state index in [1.54, 1.807) is 7.05 Å². The number of hydrogen-bond acceptors (Lipinski definition) is 4. The number of amides is 1. The second-order valence-electron chi connectivity index (χ2n) is 8.02. The molecule has 0 spiro atoms. The van der Waals surface area contributed by atoms with E-state index in [9.17, 15) is 4.79 Å². The van der Waals surface area contributed by atoms with Crippen molar-refractivity contribution in [1.29, 1.82) is 0 Å². The first-order valence-corrected chi connectivity index (χ1v) is 11.1. The van der Waals surface area contributed by atoms with Gasteiger partial charge in [0, 0.05) is 58.9 Å². The summed E-state index contributed by atoms with van der Waals surface area (Å²) in [6.07, 6.45) is 10.4. The Morgan fingerprint density at radius 3 is 2.53 bits per heavy atom. The molecule has 168 valence electrons. The average molecular weight is 528 g/mol. The molecular weight excluding hydrogens is 491 g/mol. The van der Waals surface area contributed by atoms with E-state index in [1.165, 1.54) is 38.5 Å². The van der Waals surface area contributed by atoms with E-state index in [4.69, 9.17) is 0 Å². The number of hydrogen-bond donors (Lipinski definition) is 2. The Morgan fingerprint density at radius 2 is 1.87 bits per heavy atom. The Labute approximate surface area is 198 Å². The number of pyridine rings is 1. The number of nitrogens with one attached hydrogen (secondary N) is 2. The first-order valence-electron chi connectivity index (χ1n) is 11.1. The fraction of sp³-hybridized carbons (Fsp3) is 0.682. The van der Waals surface area contributed by atoms with Crippen LogP contribution in [0.1, 0.15) is 44.9 Å². The Morgan fingerprint density at radius 1 is 1.13 bits per heavy atom. The number of piperazine rings is 1. The number of halogens is 1. The van der Waals surface area contributed by atoms with Crippen LogP contribution >= 0.6 is 24.0 Å². The maximum Gasteiger partial charge on any atom is 0.224 e. The average Bonchev–Trinajstić information content (AvgIpc) is 3.29. The van der Waals surface area contributed by atoms with Crippen LogP contribution in [0, 0.1) is 5.92 Å². The topological polar surface area (TPSA) is 72.9 Å². The van der Waals surface area contributed by atoms with Crippen molar-refractivity contribution in [3.63, 3.8) is 0 Å². The van der Waals surface area contributed by atoms with E-state index < -0.39 is 0 Å². The third-order valence-electron chi connectivity index (χ3n) is 6.02. The van der Waals surface area contributed by atoms with E-state index >= 15 is 0 Å². The fourth-order valence-corrected chi connectivity index (χ4v) is 4.29. The monoisotopic (exact) mass is 528 g/mol. The van der Waals surface area contributed by atoms with Gasteiger partial charge in [0.15, 0.2) is 5.96 Å². The van der Waals surface area contributed by atoms with E-state index in [0.717, 1.165) is 50.4 Å². The summed E-state index contributed by atoms with van der Waals surface area (Å²) in [6.45, 7) is 4.73. The Hall–Kier alpha value is -1.58. The summed E-state index contributed by atoms with van der Waals surface area (Å²) >= 11 is 0. The lowest BCUT2D eigenvalue weighted by Crippen LogP contribution is -2.49. The van der Waals surface area contributed by atoms with Crippen LogP contribution < -0.4 is 15.5 Å². The number of carbonyl (C=O) groups is 1. The fourth-order valence-electron chi connectivity index (χ4n) is 4.29. The molecule has 2 aliphatic rings. The summed E-state index contributed by atoms with van der Waals surface area (Å²) in [5.74, 6) is 2.92. The van der Waals surface area contributed by atoms with Crippen molar-refractivity contribution in [1.82, 2.24) is 20.5 Å². The summed E-state index contributed by atoms with van der Waals surface area (Å²) < 4.78 is 0. The molecule has 0 bridgehead atoms. The lowest BCUT2D eigenvalue weighted by molar-refractivity contribution is -0.131. The molecule has 1 saturated heterocycles. The SMILES string of the molecule is CN=C(NCCCC1CCCC1)NCCC(=O)N1CCN(c2ccccn2)CC1.I. The zero-order chi connectivity index (χ0) is 20.3. The van der Waals surface area contributed by atoms with Gasteiger partial charge in [-0.3, -0.25) is 9.79 Å². The number of nitrogens with zero attached hydrogens (tertiary/aromatic N) is 4. The van der Waals surface area contributed by atoms with Gasteiger partial charge in [-0.25, -0.2) is 4.98 Å². The van der Waals surface area contributed by atoms with Gasteiger partial charge in [-0.1, -0.05) is 31.7 Å². The first-order chi connectivity index (χ1) is 14.3. The van der Waals surface area contributed by atoms with E-state index in [0.29, 0.717) is 13.0 Å². The van der Waals surface area contributed by atoms with Crippen LogP contribution in [0.15, 0.2) is 29.4 Å². The van der Waals surface area contributed by atoms with Crippen LogP contribution in [0.25, 0.3) is 0 Å². The highest BCUT2D eigenvalue weighted by Crippen LogP contribution is 2.28. The zero-order valence-electron chi connectivity index (χ0n) is 18.2. The third kappa shape index (κ3) is 7.92. The molecule has 1 aromatic rings. The molecule has 0 aromatic carbocycles. The van der Waals surface area contributed by atoms with Gasteiger partial charge in [0.05, 0.1) is 0 Å². The van der Waals surface area contributed by atoms with Crippen LogP contribution in [0.4, 0.5) is 5.82 Å². The lowest BCUT2D eigenvalue weighted by atomic mass is 10.0. The normalized spacial score (nSPS) is 17.6. The van der Waals surface area contributed by atoms with Crippen molar-refractivity contribution < 1.29 is 4.79 Å².